The van der Waals surface area contributed by atoms with Gasteiger partial charge >= 0.3 is 0 Å². The van der Waals surface area contributed by atoms with Crippen LogP contribution in [0.2, 0.25) is 0 Å². The van der Waals surface area contributed by atoms with E-state index in [-0.39, 0.29) is 0 Å². The number of nitrogens with zero attached hydrogens (tertiary/aromatic N) is 2. The fourth-order valence-corrected chi connectivity index (χ4v) is 2.28. The summed E-state index contributed by atoms with van der Waals surface area (Å²) in [5.74, 6) is 1.91. The maximum atomic E-state index is 4.68. The van der Waals surface area contributed by atoms with Crippen molar-refractivity contribution < 1.29 is 0 Å². The minimum absolute atomic E-state index is 0.517. The Labute approximate surface area is 123 Å². The van der Waals surface area contributed by atoms with Gasteiger partial charge < -0.3 is 10.2 Å². The summed E-state index contributed by atoms with van der Waals surface area (Å²) in [4.78, 5) is 7.18. The topological polar surface area (TPSA) is 28.2 Å². The van der Waals surface area contributed by atoms with Crippen molar-refractivity contribution in [2.24, 2.45) is 5.92 Å². The van der Waals surface area contributed by atoms with Crippen molar-refractivity contribution in [3.8, 4) is 0 Å². The summed E-state index contributed by atoms with van der Waals surface area (Å²) in [6.07, 6.45) is 5.93. The van der Waals surface area contributed by atoms with Crippen molar-refractivity contribution in [1.82, 2.24) is 10.3 Å². The van der Waals surface area contributed by atoms with E-state index in [2.05, 4.69) is 55.0 Å². The van der Waals surface area contributed by atoms with Crippen LogP contribution >= 0.6 is 0 Å². The highest BCUT2D eigenvalue weighted by molar-refractivity contribution is 5.42. The van der Waals surface area contributed by atoms with Gasteiger partial charge in [0.25, 0.3) is 0 Å². The Bertz CT molecular complexity index is 393. The van der Waals surface area contributed by atoms with Gasteiger partial charge in [-0.3, -0.25) is 0 Å². The maximum Gasteiger partial charge on any atom is 0.128 e. The Kier molecular flexibility index (Phi) is 5.41. The fourth-order valence-electron chi connectivity index (χ4n) is 2.28. The molecule has 0 bridgehead atoms. The second-order valence-electron chi connectivity index (χ2n) is 6.67. The zero-order chi connectivity index (χ0) is 14.5. The first kappa shape index (κ1) is 15.3. The van der Waals surface area contributed by atoms with E-state index < -0.39 is 0 Å². The first-order valence-electron chi connectivity index (χ1n) is 8.01. The Morgan fingerprint density at radius 1 is 1.25 bits per heavy atom. The number of hydrogen-bond acceptors (Lipinski definition) is 3. The molecule has 1 N–H and O–H groups in total. The van der Waals surface area contributed by atoms with Gasteiger partial charge in [0, 0.05) is 31.4 Å². The molecule has 1 fully saturated rings. The summed E-state index contributed by atoms with van der Waals surface area (Å²) in [7, 11) is 0. The number of pyridine rings is 1. The first-order chi connectivity index (χ1) is 9.56. The van der Waals surface area contributed by atoms with Crippen LogP contribution in [0.25, 0.3) is 0 Å². The molecule has 3 nitrogen and oxygen atoms in total. The molecule has 0 atom stereocenters. The summed E-state index contributed by atoms with van der Waals surface area (Å²) in [5, 5.41) is 3.43. The molecule has 0 amide bonds. The molecule has 0 radical (unpaired) electrons. The van der Waals surface area contributed by atoms with Gasteiger partial charge in [-0.1, -0.05) is 33.8 Å². The molecular formula is C17H29N3. The lowest BCUT2D eigenvalue weighted by Crippen LogP contribution is -2.28. The van der Waals surface area contributed by atoms with Crippen LogP contribution in [0.1, 0.15) is 52.5 Å². The van der Waals surface area contributed by atoms with Gasteiger partial charge in [0.05, 0.1) is 0 Å². The highest BCUT2D eigenvalue weighted by Gasteiger charge is 2.29. The maximum absolute atomic E-state index is 4.68. The van der Waals surface area contributed by atoms with Crippen molar-refractivity contribution in [2.45, 2.75) is 65.6 Å². The van der Waals surface area contributed by atoms with Gasteiger partial charge in [0.1, 0.15) is 5.82 Å². The summed E-state index contributed by atoms with van der Waals surface area (Å²) < 4.78 is 0. The normalized spacial score (nSPS) is 15.1. The molecule has 1 saturated carbocycles. The van der Waals surface area contributed by atoms with Crippen LogP contribution in [0.3, 0.4) is 0 Å². The quantitative estimate of drug-likeness (QED) is 0.786. The molecule has 0 aromatic carbocycles. The molecule has 112 valence electrons. The summed E-state index contributed by atoms with van der Waals surface area (Å²) in [5.41, 5.74) is 1.27. The van der Waals surface area contributed by atoms with Crippen LogP contribution in [0.5, 0.6) is 0 Å². The van der Waals surface area contributed by atoms with E-state index in [9.17, 15) is 0 Å². The fraction of sp³-hybridized carbons (Fsp3) is 0.706. The number of anilines is 1. The number of hydrogen-bond donors (Lipinski definition) is 1. The van der Waals surface area contributed by atoms with Crippen LogP contribution in [0.4, 0.5) is 5.82 Å². The number of rotatable bonds is 8. The highest BCUT2D eigenvalue weighted by Crippen LogP contribution is 2.31. The number of aromatic nitrogens is 1. The molecule has 3 heteroatoms. The van der Waals surface area contributed by atoms with E-state index in [1.54, 1.807) is 0 Å². The first-order valence-corrected chi connectivity index (χ1v) is 8.01. The van der Waals surface area contributed by atoms with Crippen LogP contribution in [-0.2, 0) is 6.54 Å². The zero-order valence-corrected chi connectivity index (χ0v) is 13.4. The minimum Gasteiger partial charge on any atom is -0.354 e. The van der Waals surface area contributed by atoms with Crippen LogP contribution in [0, 0.1) is 5.92 Å². The average Bonchev–Trinajstić information content (AvgIpc) is 3.22. The second kappa shape index (κ2) is 7.07. The zero-order valence-electron chi connectivity index (χ0n) is 13.4. The summed E-state index contributed by atoms with van der Waals surface area (Å²) in [6.45, 7) is 11.0. The predicted molar refractivity (Wildman–Crippen MR) is 86.0 cm³/mol. The molecule has 0 unspecified atom stereocenters. The number of nitrogens with one attached hydrogen (secondary N) is 1. The predicted octanol–water partition coefficient (Wildman–Crippen LogP) is 3.59. The molecule has 20 heavy (non-hydrogen) atoms. The van der Waals surface area contributed by atoms with E-state index in [1.807, 2.05) is 6.20 Å². The lowest BCUT2D eigenvalue weighted by atomic mass is 10.1. The Morgan fingerprint density at radius 2 is 2.00 bits per heavy atom. The van der Waals surface area contributed by atoms with E-state index in [0.29, 0.717) is 6.04 Å². The van der Waals surface area contributed by atoms with Gasteiger partial charge in [0.15, 0.2) is 0 Å². The van der Waals surface area contributed by atoms with Gasteiger partial charge in [-0.25, -0.2) is 4.98 Å². The summed E-state index contributed by atoms with van der Waals surface area (Å²) >= 11 is 0. The van der Waals surface area contributed by atoms with Crippen molar-refractivity contribution in [3.05, 3.63) is 23.9 Å². The van der Waals surface area contributed by atoms with Gasteiger partial charge in [-0.15, -0.1) is 0 Å². The summed E-state index contributed by atoms with van der Waals surface area (Å²) in [6, 6.07) is 5.66. The molecule has 1 aliphatic carbocycles. The van der Waals surface area contributed by atoms with Crippen LogP contribution < -0.4 is 10.2 Å². The van der Waals surface area contributed by atoms with Gasteiger partial charge in [-0.05, 0) is 36.8 Å². The molecule has 1 aromatic heterocycles. The molecule has 1 aliphatic rings. The SMILES string of the molecule is CC(C)CCN(c1ccc(CNC(C)C)cn1)C1CC1. The second-order valence-corrected chi connectivity index (χ2v) is 6.67. The standard InChI is InChI=1S/C17H29N3/c1-13(2)9-10-20(16-6-7-16)17-8-5-15(12-19-17)11-18-14(3)4/h5,8,12-14,16,18H,6-7,9-11H2,1-4H3. The van der Waals surface area contributed by atoms with Crippen molar-refractivity contribution in [1.29, 1.82) is 0 Å². The van der Waals surface area contributed by atoms with E-state index in [4.69, 9.17) is 0 Å². The Balaban J connectivity index is 1.95. The third-order valence-electron chi connectivity index (χ3n) is 3.75. The van der Waals surface area contributed by atoms with E-state index >= 15 is 0 Å². The Hall–Kier alpha value is -1.09. The van der Waals surface area contributed by atoms with E-state index in [1.165, 1.54) is 24.8 Å². The Morgan fingerprint density at radius 3 is 2.50 bits per heavy atom. The van der Waals surface area contributed by atoms with Crippen LogP contribution in [0.15, 0.2) is 18.3 Å². The third kappa shape index (κ3) is 4.78. The average molecular weight is 275 g/mol. The smallest absolute Gasteiger partial charge is 0.128 e. The van der Waals surface area contributed by atoms with Crippen molar-refractivity contribution >= 4 is 5.82 Å². The molecular weight excluding hydrogens is 246 g/mol. The molecule has 0 spiro atoms. The largest absolute Gasteiger partial charge is 0.354 e. The lowest BCUT2D eigenvalue weighted by Gasteiger charge is -2.24. The molecule has 1 heterocycles. The lowest BCUT2D eigenvalue weighted by molar-refractivity contribution is 0.568. The van der Waals surface area contributed by atoms with E-state index in [0.717, 1.165) is 30.9 Å². The molecule has 0 saturated heterocycles. The monoisotopic (exact) mass is 275 g/mol. The molecule has 0 aliphatic heterocycles. The molecule has 2 rings (SSSR count). The third-order valence-corrected chi connectivity index (χ3v) is 3.75. The molecule has 1 aromatic rings. The highest BCUT2D eigenvalue weighted by atomic mass is 15.2. The van der Waals surface area contributed by atoms with Crippen LogP contribution in [-0.4, -0.2) is 23.6 Å². The van der Waals surface area contributed by atoms with Gasteiger partial charge in [-0.2, -0.15) is 0 Å². The minimum atomic E-state index is 0.517. The van der Waals surface area contributed by atoms with Crippen molar-refractivity contribution in [3.63, 3.8) is 0 Å². The van der Waals surface area contributed by atoms with Crippen molar-refractivity contribution in [2.75, 3.05) is 11.4 Å². The van der Waals surface area contributed by atoms with Gasteiger partial charge in [0.2, 0.25) is 0 Å².